The van der Waals surface area contributed by atoms with Crippen LogP contribution in [0.2, 0.25) is 0 Å². The van der Waals surface area contributed by atoms with Crippen molar-refractivity contribution in [1.82, 2.24) is 0 Å². The number of rotatable bonds is 7. The molecule has 0 saturated heterocycles. The summed E-state index contributed by atoms with van der Waals surface area (Å²) in [6.07, 6.45) is 8.58. The van der Waals surface area contributed by atoms with Crippen molar-refractivity contribution in [2.75, 3.05) is 13.1 Å². The number of nitrogens with zero attached hydrogens (tertiary/aromatic N) is 3. The van der Waals surface area contributed by atoms with Crippen LogP contribution < -0.4 is 0 Å². The zero-order valence-corrected chi connectivity index (χ0v) is 12.1. The summed E-state index contributed by atoms with van der Waals surface area (Å²) in [7, 11) is 0. The van der Waals surface area contributed by atoms with Crippen LogP contribution in [0.5, 0.6) is 0 Å². The van der Waals surface area contributed by atoms with Gasteiger partial charge < -0.3 is 0 Å². The number of fused-ring (bicyclic) bond motifs is 2. The Morgan fingerprint density at radius 2 is 1.90 bits per heavy atom. The SMILES string of the molecule is CC(CC1(CN=C=O)CC2CC1CC2CN=C=O)N=C=O. The Morgan fingerprint density at radius 3 is 2.48 bits per heavy atom. The van der Waals surface area contributed by atoms with E-state index in [2.05, 4.69) is 15.0 Å². The molecule has 2 aliphatic carbocycles. The fraction of sp³-hybridized carbons (Fsp3) is 0.800. The maximum Gasteiger partial charge on any atom is 0.235 e. The molecule has 2 saturated carbocycles. The molecule has 6 nitrogen and oxygen atoms in total. The van der Waals surface area contributed by atoms with E-state index in [4.69, 9.17) is 0 Å². The second-order valence-electron chi connectivity index (χ2n) is 6.37. The standard InChI is InChI=1S/C15H19N3O3/c1-11(18-10-21)4-15(7-17-9-20)5-12-2-14(15)3-13(12)6-16-8-19/h11-14H,2-7H2,1H3. The molecule has 0 spiro atoms. The summed E-state index contributed by atoms with van der Waals surface area (Å²) < 4.78 is 0. The largest absolute Gasteiger partial charge is 0.235 e. The van der Waals surface area contributed by atoms with Crippen LogP contribution in [0.3, 0.4) is 0 Å². The summed E-state index contributed by atoms with van der Waals surface area (Å²) >= 11 is 0. The maximum absolute atomic E-state index is 10.5. The molecule has 0 aliphatic heterocycles. The second kappa shape index (κ2) is 6.73. The third kappa shape index (κ3) is 3.25. The van der Waals surface area contributed by atoms with E-state index >= 15 is 0 Å². The predicted molar refractivity (Wildman–Crippen MR) is 74.9 cm³/mol. The first-order valence-electron chi connectivity index (χ1n) is 7.29. The summed E-state index contributed by atoms with van der Waals surface area (Å²) in [6.45, 7) is 2.87. The van der Waals surface area contributed by atoms with Crippen molar-refractivity contribution < 1.29 is 14.4 Å². The van der Waals surface area contributed by atoms with E-state index in [1.54, 1.807) is 18.2 Å². The van der Waals surface area contributed by atoms with Gasteiger partial charge in [0.15, 0.2) is 0 Å². The highest BCUT2D eigenvalue weighted by Gasteiger charge is 2.54. The van der Waals surface area contributed by atoms with Crippen LogP contribution in [0.25, 0.3) is 0 Å². The smallest absolute Gasteiger partial charge is 0.211 e. The number of isocyanates is 3. The highest BCUT2D eigenvalue weighted by molar-refractivity contribution is 5.34. The summed E-state index contributed by atoms with van der Waals surface area (Å²) in [6, 6.07) is -0.116. The molecular weight excluding hydrogens is 270 g/mol. The molecule has 2 rings (SSSR count). The number of hydrogen-bond acceptors (Lipinski definition) is 6. The van der Waals surface area contributed by atoms with E-state index in [1.807, 2.05) is 6.92 Å². The topological polar surface area (TPSA) is 88.3 Å². The molecule has 2 fully saturated rings. The molecule has 5 unspecified atom stereocenters. The fourth-order valence-corrected chi connectivity index (χ4v) is 4.45. The molecule has 2 bridgehead atoms. The van der Waals surface area contributed by atoms with Gasteiger partial charge in [0.05, 0.1) is 19.1 Å². The van der Waals surface area contributed by atoms with Gasteiger partial charge in [0.25, 0.3) is 0 Å². The van der Waals surface area contributed by atoms with Gasteiger partial charge in [-0.3, -0.25) is 0 Å². The van der Waals surface area contributed by atoms with Gasteiger partial charge in [0.2, 0.25) is 18.2 Å². The monoisotopic (exact) mass is 289 g/mol. The number of carbonyl (C=O) groups excluding carboxylic acids is 3. The van der Waals surface area contributed by atoms with Gasteiger partial charge in [-0.05, 0) is 55.8 Å². The Bertz CT molecular complexity index is 530. The van der Waals surface area contributed by atoms with Crippen LogP contribution in [0.4, 0.5) is 0 Å². The highest BCUT2D eigenvalue weighted by Crippen LogP contribution is 2.60. The van der Waals surface area contributed by atoms with Gasteiger partial charge in [-0.2, -0.15) is 0 Å². The molecule has 5 atom stereocenters. The summed E-state index contributed by atoms with van der Waals surface area (Å²) in [5.41, 5.74) is -0.0801. The van der Waals surface area contributed by atoms with E-state index in [0.717, 1.165) is 25.7 Å². The van der Waals surface area contributed by atoms with Crippen molar-refractivity contribution in [2.45, 2.75) is 38.6 Å². The molecule has 6 heteroatoms. The summed E-state index contributed by atoms with van der Waals surface area (Å²) in [4.78, 5) is 42.5. The Hall–Kier alpha value is -1.86. The third-order valence-corrected chi connectivity index (χ3v) is 5.20. The Balaban J connectivity index is 2.12. The Labute approximate surface area is 123 Å². The van der Waals surface area contributed by atoms with Crippen molar-refractivity contribution in [3.63, 3.8) is 0 Å². The Morgan fingerprint density at radius 1 is 1.14 bits per heavy atom. The molecule has 0 aromatic heterocycles. The lowest BCUT2D eigenvalue weighted by atomic mass is 9.67. The molecule has 0 heterocycles. The molecule has 0 amide bonds. The molecule has 0 N–H and O–H groups in total. The molecule has 0 aromatic carbocycles. The van der Waals surface area contributed by atoms with Gasteiger partial charge in [-0.25, -0.2) is 29.4 Å². The molecule has 2 aliphatic rings. The minimum atomic E-state index is -0.116. The van der Waals surface area contributed by atoms with E-state index in [0.29, 0.717) is 30.8 Å². The second-order valence-corrected chi connectivity index (χ2v) is 6.37. The van der Waals surface area contributed by atoms with Crippen molar-refractivity contribution in [2.24, 2.45) is 38.1 Å². The van der Waals surface area contributed by atoms with Crippen LogP contribution >= 0.6 is 0 Å². The van der Waals surface area contributed by atoms with Gasteiger partial charge in [0.1, 0.15) is 0 Å². The third-order valence-electron chi connectivity index (χ3n) is 5.20. The van der Waals surface area contributed by atoms with Crippen molar-refractivity contribution in [1.29, 1.82) is 0 Å². The first-order chi connectivity index (χ1) is 10.1. The summed E-state index contributed by atoms with van der Waals surface area (Å²) in [5.74, 6) is 1.37. The van der Waals surface area contributed by atoms with Crippen LogP contribution in [0.15, 0.2) is 15.0 Å². The number of hydrogen-bond donors (Lipinski definition) is 0. The van der Waals surface area contributed by atoms with Gasteiger partial charge in [0, 0.05) is 0 Å². The number of aliphatic imine (C=N–C) groups is 3. The molecular formula is C15H19N3O3. The minimum Gasteiger partial charge on any atom is -0.211 e. The van der Waals surface area contributed by atoms with Crippen LogP contribution in [0, 0.1) is 23.2 Å². The minimum absolute atomic E-state index is 0.0801. The van der Waals surface area contributed by atoms with Crippen molar-refractivity contribution in [3.8, 4) is 0 Å². The van der Waals surface area contributed by atoms with E-state index in [9.17, 15) is 14.4 Å². The fourth-order valence-electron chi connectivity index (χ4n) is 4.45. The first-order valence-corrected chi connectivity index (χ1v) is 7.29. The predicted octanol–water partition coefficient (Wildman–Crippen LogP) is 1.80. The molecule has 112 valence electrons. The zero-order valence-electron chi connectivity index (χ0n) is 12.1. The average Bonchev–Trinajstić information content (AvgIpc) is 3.00. The quantitative estimate of drug-likeness (QED) is 0.529. The Kier molecular flexibility index (Phi) is 4.98. The summed E-state index contributed by atoms with van der Waals surface area (Å²) in [5, 5.41) is 0. The first kappa shape index (κ1) is 15.5. The van der Waals surface area contributed by atoms with Gasteiger partial charge in [-0.15, -0.1) is 0 Å². The van der Waals surface area contributed by atoms with Crippen molar-refractivity contribution in [3.05, 3.63) is 0 Å². The zero-order chi connectivity index (χ0) is 15.3. The lowest BCUT2D eigenvalue weighted by Gasteiger charge is -2.39. The van der Waals surface area contributed by atoms with Crippen LogP contribution in [-0.4, -0.2) is 37.4 Å². The van der Waals surface area contributed by atoms with E-state index in [1.165, 1.54) is 0 Å². The van der Waals surface area contributed by atoms with Gasteiger partial charge in [-0.1, -0.05) is 0 Å². The van der Waals surface area contributed by atoms with E-state index in [-0.39, 0.29) is 11.5 Å². The highest BCUT2D eigenvalue weighted by atomic mass is 16.1. The van der Waals surface area contributed by atoms with Crippen LogP contribution in [-0.2, 0) is 14.4 Å². The lowest BCUT2D eigenvalue weighted by molar-refractivity contribution is 0.122. The normalized spacial score (nSPS) is 34.4. The molecule has 21 heavy (non-hydrogen) atoms. The van der Waals surface area contributed by atoms with Crippen LogP contribution in [0.1, 0.15) is 32.6 Å². The van der Waals surface area contributed by atoms with Gasteiger partial charge >= 0.3 is 0 Å². The maximum atomic E-state index is 10.5. The lowest BCUT2D eigenvalue weighted by Crippen LogP contribution is -2.36. The average molecular weight is 289 g/mol. The van der Waals surface area contributed by atoms with E-state index < -0.39 is 0 Å². The molecule has 0 aromatic rings. The van der Waals surface area contributed by atoms with Crippen molar-refractivity contribution >= 4 is 18.2 Å². The molecule has 0 radical (unpaired) electrons.